The minimum Gasteiger partial charge on any atom is -0.389 e. The molecule has 0 spiro atoms. The van der Waals surface area contributed by atoms with Gasteiger partial charge in [-0.05, 0) is 24.3 Å². The van der Waals surface area contributed by atoms with Gasteiger partial charge in [-0.2, -0.15) is 0 Å². The molecule has 2 aromatic carbocycles. The number of hydrogen-bond donors (Lipinski definition) is 2. The minimum atomic E-state index is -0.610. The zero-order valence-electron chi connectivity index (χ0n) is 10.3. The molecule has 0 saturated heterocycles. The molecule has 0 heterocycles. The van der Waals surface area contributed by atoms with Crippen LogP contribution in [0.5, 0.6) is 0 Å². The molecule has 2 rings (SSSR count). The Balaban J connectivity index is 2.20. The van der Waals surface area contributed by atoms with E-state index < -0.39 is 11.6 Å². The topological polar surface area (TPSA) is 38.0 Å². The van der Waals surface area contributed by atoms with E-state index in [2.05, 4.69) is 5.32 Å². The summed E-state index contributed by atoms with van der Waals surface area (Å²) >= 11 is 10.8. The molecule has 0 aromatic heterocycles. The number of halogens is 3. The van der Waals surface area contributed by atoms with Gasteiger partial charge in [0.1, 0.15) is 16.6 Å². The van der Waals surface area contributed by atoms with Gasteiger partial charge in [0, 0.05) is 34.4 Å². The van der Waals surface area contributed by atoms with Crippen LogP contribution < -0.4 is 11.1 Å². The molecule has 2 aromatic rings. The van der Waals surface area contributed by atoms with E-state index in [1.807, 2.05) is 0 Å². The summed E-state index contributed by atoms with van der Waals surface area (Å²) in [6, 6.07) is 8.44. The maximum absolute atomic E-state index is 13.5. The fraction of sp³-hybridized carbons (Fsp3) is 0.0714. The Morgan fingerprint density at radius 1 is 1.20 bits per heavy atom. The van der Waals surface area contributed by atoms with E-state index in [0.29, 0.717) is 21.8 Å². The van der Waals surface area contributed by atoms with E-state index in [-0.39, 0.29) is 11.5 Å². The molecule has 0 saturated carbocycles. The standard InChI is InChI=1S/C14H11ClF2N2S/c15-9-2-4-13(11(5-9)14(18)20)19-7-8-1-3-10(16)6-12(8)17/h1-6,19H,7H2,(H2,18,20). The third-order valence-electron chi connectivity index (χ3n) is 2.73. The molecular weight excluding hydrogens is 302 g/mol. The van der Waals surface area contributed by atoms with E-state index in [1.54, 1.807) is 18.2 Å². The molecule has 20 heavy (non-hydrogen) atoms. The van der Waals surface area contributed by atoms with Crippen LogP contribution >= 0.6 is 23.8 Å². The van der Waals surface area contributed by atoms with Crippen LogP contribution in [0.1, 0.15) is 11.1 Å². The highest BCUT2D eigenvalue weighted by Crippen LogP contribution is 2.22. The molecule has 0 unspecified atom stereocenters. The number of rotatable bonds is 4. The van der Waals surface area contributed by atoms with Crippen LogP contribution in [0.25, 0.3) is 0 Å². The highest BCUT2D eigenvalue weighted by atomic mass is 35.5. The number of anilines is 1. The van der Waals surface area contributed by atoms with Crippen LogP contribution in [0, 0.1) is 11.6 Å². The van der Waals surface area contributed by atoms with E-state index in [9.17, 15) is 8.78 Å². The summed E-state index contributed by atoms with van der Waals surface area (Å²) in [5.74, 6) is -1.22. The van der Waals surface area contributed by atoms with E-state index >= 15 is 0 Å². The smallest absolute Gasteiger partial charge is 0.131 e. The number of nitrogens with one attached hydrogen (secondary N) is 1. The Labute approximate surface area is 125 Å². The predicted octanol–water partition coefficient (Wildman–Crippen LogP) is 3.86. The lowest BCUT2D eigenvalue weighted by atomic mass is 10.1. The summed E-state index contributed by atoms with van der Waals surface area (Å²) in [6.07, 6.45) is 0. The average Bonchev–Trinajstić information content (AvgIpc) is 2.38. The number of nitrogens with two attached hydrogens (primary N) is 1. The summed E-state index contributed by atoms with van der Waals surface area (Å²) in [4.78, 5) is 0.189. The molecule has 0 aliphatic rings. The van der Waals surface area contributed by atoms with Gasteiger partial charge in [0.05, 0.1) is 0 Å². The fourth-order valence-electron chi connectivity index (χ4n) is 1.73. The van der Waals surface area contributed by atoms with E-state index in [0.717, 1.165) is 6.07 Å². The molecule has 0 atom stereocenters. The maximum atomic E-state index is 13.5. The molecule has 0 bridgehead atoms. The first-order valence-electron chi connectivity index (χ1n) is 5.74. The monoisotopic (exact) mass is 312 g/mol. The first-order valence-corrected chi connectivity index (χ1v) is 6.53. The first-order chi connectivity index (χ1) is 9.47. The van der Waals surface area contributed by atoms with Gasteiger partial charge >= 0.3 is 0 Å². The second-order valence-electron chi connectivity index (χ2n) is 4.14. The molecule has 0 aliphatic heterocycles. The summed E-state index contributed by atoms with van der Waals surface area (Å²) in [5, 5.41) is 3.52. The molecule has 3 N–H and O–H groups in total. The van der Waals surface area contributed by atoms with Gasteiger partial charge in [-0.15, -0.1) is 0 Å². The lowest BCUT2D eigenvalue weighted by molar-refractivity contribution is 0.574. The van der Waals surface area contributed by atoms with Gasteiger partial charge < -0.3 is 11.1 Å². The quantitative estimate of drug-likeness (QED) is 0.842. The zero-order valence-corrected chi connectivity index (χ0v) is 11.9. The van der Waals surface area contributed by atoms with Crippen LogP contribution in [0.2, 0.25) is 5.02 Å². The molecule has 0 amide bonds. The second kappa shape index (κ2) is 6.15. The number of thiocarbonyl (C=S) groups is 1. The molecule has 6 heteroatoms. The third-order valence-corrected chi connectivity index (χ3v) is 3.19. The first kappa shape index (κ1) is 14.7. The average molecular weight is 313 g/mol. The van der Waals surface area contributed by atoms with E-state index in [1.165, 1.54) is 12.1 Å². The SMILES string of the molecule is NC(=S)c1cc(Cl)ccc1NCc1ccc(F)cc1F. The largest absolute Gasteiger partial charge is 0.389 e. The Kier molecular flexibility index (Phi) is 4.52. The zero-order chi connectivity index (χ0) is 14.7. The summed E-state index contributed by atoms with van der Waals surface area (Å²) < 4.78 is 26.3. The summed E-state index contributed by atoms with van der Waals surface area (Å²) in [5.41, 5.74) is 7.18. The van der Waals surface area contributed by atoms with Gasteiger partial charge in [0.15, 0.2) is 0 Å². The molecular formula is C14H11ClF2N2S. The molecule has 2 nitrogen and oxygen atoms in total. The predicted molar refractivity (Wildman–Crippen MR) is 81.0 cm³/mol. The van der Waals surface area contributed by atoms with E-state index in [4.69, 9.17) is 29.6 Å². The van der Waals surface area contributed by atoms with Crippen molar-refractivity contribution in [1.29, 1.82) is 0 Å². The Morgan fingerprint density at radius 2 is 1.95 bits per heavy atom. The van der Waals surface area contributed by atoms with Gasteiger partial charge in [0.2, 0.25) is 0 Å². The van der Waals surface area contributed by atoms with Crippen LogP contribution in [0.4, 0.5) is 14.5 Å². The van der Waals surface area contributed by atoms with Crippen molar-refractivity contribution in [2.75, 3.05) is 5.32 Å². The minimum absolute atomic E-state index is 0.184. The van der Waals surface area contributed by atoms with Crippen molar-refractivity contribution in [1.82, 2.24) is 0 Å². The Hall–Kier alpha value is -1.72. The highest BCUT2D eigenvalue weighted by molar-refractivity contribution is 7.80. The van der Waals surface area contributed by atoms with Gasteiger partial charge in [-0.25, -0.2) is 8.78 Å². The Bertz CT molecular complexity index is 662. The summed E-state index contributed by atoms with van der Waals surface area (Å²) in [6.45, 7) is 0.184. The normalized spacial score (nSPS) is 10.3. The highest BCUT2D eigenvalue weighted by Gasteiger charge is 2.08. The van der Waals surface area contributed by atoms with Crippen LogP contribution in [-0.2, 0) is 6.54 Å². The van der Waals surface area contributed by atoms with Gasteiger partial charge in [-0.1, -0.05) is 29.9 Å². The number of benzene rings is 2. The van der Waals surface area contributed by atoms with Crippen LogP contribution in [0.3, 0.4) is 0 Å². The molecule has 0 aliphatic carbocycles. The lowest BCUT2D eigenvalue weighted by Crippen LogP contribution is -2.13. The van der Waals surface area contributed by atoms with Crippen LogP contribution in [0.15, 0.2) is 36.4 Å². The van der Waals surface area contributed by atoms with Crippen molar-refractivity contribution in [3.8, 4) is 0 Å². The number of hydrogen-bond acceptors (Lipinski definition) is 2. The Morgan fingerprint density at radius 3 is 2.60 bits per heavy atom. The molecule has 0 radical (unpaired) electrons. The summed E-state index contributed by atoms with van der Waals surface area (Å²) in [7, 11) is 0. The molecule has 104 valence electrons. The van der Waals surface area contributed by atoms with Crippen molar-refractivity contribution in [3.05, 3.63) is 64.2 Å². The van der Waals surface area contributed by atoms with Crippen molar-refractivity contribution < 1.29 is 8.78 Å². The lowest BCUT2D eigenvalue weighted by Gasteiger charge is -2.12. The van der Waals surface area contributed by atoms with Crippen LogP contribution in [-0.4, -0.2) is 4.99 Å². The fourth-order valence-corrected chi connectivity index (χ4v) is 2.07. The maximum Gasteiger partial charge on any atom is 0.131 e. The van der Waals surface area contributed by atoms with Crippen molar-refractivity contribution >= 4 is 34.5 Å². The van der Waals surface area contributed by atoms with Gasteiger partial charge in [-0.3, -0.25) is 0 Å². The third kappa shape index (κ3) is 3.43. The molecule has 0 fully saturated rings. The second-order valence-corrected chi connectivity index (χ2v) is 5.02. The van der Waals surface area contributed by atoms with Crippen molar-refractivity contribution in [3.63, 3.8) is 0 Å². The van der Waals surface area contributed by atoms with Crippen molar-refractivity contribution in [2.24, 2.45) is 5.73 Å². The van der Waals surface area contributed by atoms with Crippen molar-refractivity contribution in [2.45, 2.75) is 6.54 Å². The van der Waals surface area contributed by atoms with Gasteiger partial charge in [0.25, 0.3) is 0 Å².